The van der Waals surface area contributed by atoms with Gasteiger partial charge in [-0.3, -0.25) is 9.80 Å². The lowest BCUT2D eigenvalue weighted by atomic mass is 9.87. The van der Waals surface area contributed by atoms with Crippen LogP contribution in [0.1, 0.15) is 46.5 Å². The molecule has 3 aliphatic heterocycles. The molecule has 3 rings (SSSR count). The van der Waals surface area contributed by atoms with Crippen LogP contribution in [-0.4, -0.2) is 74.2 Å². The molecule has 3 heterocycles. The molecule has 0 aromatic carbocycles. The van der Waals surface area contributed by atoms with Crippen molar-refractivity contribution in [1.82, 2.24) is 15.1 Å². The van der Waals surface area contributed by atoms with Crippen LogP contribution in [0.3, 0.4) is 0 Å². The number of dihydropyridines is 1. The summed E-state index contributed by atoms with van der Waals surface area (Å²) in [4.78, 5) is 30.1. The maximum atomic E-state index is 12.7. The van der Waals surface area contributed by atoms with Crippen LogP contribution < -0.4 is 5.32 Å². The molecule has 0 unspecified atom stereocenters. The second-order valence-electron chi connectivity index (χ2n) is 8.29. The molecule has 162 valence electrons. The highest BCUT2D eigenvalue weighted by Crippen LogP contribution is 2.30. The molecule has 29 heavy (non-hydrogen) atoms. The lowest BCUT2D eigenvalue weighted by Crippen LogP contribution is -2.34. The molecule has 7 nitrogen and oxygen atoms in total. The molecular weight excluding hydrogens is 370 g/mol. The second kappa shape index (κ2) is 10.3. The average Bonchev–Trinajstić information content (AvgIpc) is 3.35. The number of esters is 2. The first-order valence-electron chi connectivity index (χ1n) is 10.9. The van der Waals surface area contributed by atoms with Gasteiger partial charge in [0.1, 0.15) is 13.2 Å². The van der Waals surface area contributed by atoms with Crippen LogP contribution in [0.4, 0.5) is 0 Å². The van der Waals surface area contributed by atoms with Crippen molar-refractivity contribution in [3.8, 4) is 0 Å². The zero-order chi connectivity index (χ0) is 20.8. The molecule has 7 heteroatoms. The van der Waals surface area contributed by atoms with E-state index in [1.54, 1.807) is 0 Å². The van der Waals surface area contributed by atoms with Crippen molar-refractivity contribution in [3.05, 3.63) is 22.5 Å². The number of carbonyl (C=O) groups is 2. The molecule has 2 saturated heterocycles. The van der Waals surface area contributed by atoms with Gasteiger partial charge in [0.05, 0.1) is 11.1 Å². The standard InChI is InChI=1S/C22H35N3O4/c1-16-19(21(26)28-14-12-24-8-4-5-9-24)17(2)23-18(3)20(16)22(27)29-15-13-25-10-6-7-11-25/h16,23H,4-15H2,1-3H3. The maximum Gasteiger partial charge on any atom is 0.336 e. The van der Waals surface area contributed by atoms with Crippen molar-refractivity contribution in [2.24, 2.45) is 5.92 Å². The number of likely N-dealkylation sites (tertiary alicyclic amines) is 2. The molecule has 2 fully saturated rings. The van der Waals surface area contributed by atoms with Crippen LogP contribution >= 0.6 is 0 Å². The lowest BCUT2D eigenvalue weighted by molar-refractivity contribution is -0.140. The third kappa shape index (κ3) is 5.60. The van der Waals surface area contributed by atoms with Gasteiger partial charge in [0.2, 0.25) is 0 Å². The molecule has 0 atom stereocenters. The van der Waals surface area contributed by atoms with Gasteiger partial charge in [-0.15, -0.1) is 0 Å². The van der Waals surface area contributed by atoms with E-state index in [0.717, 1.165) is 50.7 Å². The van der Waals surface area contributed by atoms with E-state index < -0.39 is 0 Å². The summed E-state index contributed by atoms with van der Waals surface area (Å²) >= 11 is 0. The Morgan fingerprint density at radius 1 is 0.828 bits per heavy atom. The molecule has 0 saturated carbocycles. The van der Waals surface area contributed by atoms with Gasteiger partial charge < -0.3 is 14.8 Å². The van der Waals surface area contributed by atoms with Gasteiger partial charge in [0.15, 0.2) is 0 Å². The lowest BCUT2D eigenvalue weighted by Gasteiger charge is -2.28. The van der Waals surface area contributed by atoms with Crippen LogP contribution in [0.5, 0.6) is 0 Å². The van der Waals surface area contributed by atoms with Gasteiger partial charge >= 0.3 is 11.9 Å². The normalized spacial score (nSPS) is 21.6. The monoisotopic (exact) mass is 405 g/mol. The maximum absolute atomic E-state index is 12.7. The molecule has 0 aromatic rings. The number of carbonyl (C=O) groups excluding carboxylic acids is 2. The third-order valence-electron chi connectivity index (χ3n) is 6.17. The van der Waals surface area contributed by atoms with E-state index in [4.69, 9.17) is 9.47 Å². The predicted molar refractivity (Wildman–Crippen MR) is 111 cm³/mol. The van der Waals surface area contributed by atoms with Crippen LogP contribution in [0.15, 0.2) is 22.5 Å². The predicted octanol–water partition coefficient (Wildman–Crippen LogP) is 2.05. The largest absolute Gasteiger partial charge is 0.461 e. The number of hydrogen-bond donors (Lipinski definition) is 1. The van der Waals surface area contributed by atoms with E-state index in [0.29, 0.717) is 24.4 Å². The van der Waals surface area contributed by atoms with E-state index in [-0.39, 0.29) is 17.9 Å². The number of allylic oxidation sites excluding steroid dienone is 2. The summed E-state index contributed by atoms with van der Waals surface area (Å²) in [6.07, 6.45) is 4.86. The summed E-state index contributed by atoms with van der Waals surface area (Å²) in [7, 11) is 0. The smallest absolute Gasteiger partial charge is 0.336 e. The minimum Gasteiger partial charge on any atom is -0.461 e. The van der Waals surface area contributed by atoms with Crippen molar-refractivity contribution in [3.63, 3.8) is 0 Å². The van der Waals surface area contributed by atoms with E-state index >= 15 is 0 Å². The highest BCUT2D eigenvalue weighted by atomic mass is 16.5. The van der Waals surface area contributed by atoms with Crippen molar-refractivity contribution in [1.29, 1.82) is 0 Å². The Kier molecular flexibility index (Phi) is 7.72. The number of rotatable bonds is 8. The molecule has 0 aromatic heterocycles. The van der Waals surface area contributed by atoms with Crippen LogP contribution in [0.2, 0.25) is 0 Å². The topological polar surface area (TPSA) is 71.1 Å². The summed E-state index contributed by atoms with van der Waals surface area (Å²) in [5.41, 5.74) is 2.52. The van der Waals surface area contributed by atoms with E-state index in [2.05, 4.69) is 15.1 Å². The second-order valence-corrected chi connectivity index (χ2v) is 8.29. The van der Waals surface area contributed by atoms with E-state index in [1.165, 1.54) is 25.7 Å². The molecule has 3 aliphatic rings. The first-order valence-corrected chi connectivity index (χ1v) is 10.9. The molecule has 0 bridgehead atoms. The molecule has 0 aliphatic carbocycles. The Balaban J connectivity index is 1.53. The first-order chi connectivity index (χ1) is 14.0. The van der Waals surface area contributed by atoms with Gasteiger partial charge in [-0.1, -0.05) is 6.92 Å². The minimum atomic E-state index is -0.352. The molecule has 0 radical (unpaired) electrons. The summed E-state index contributed by atoms with van der Waals surface area (Å²) in [5, 5.41) is 3.17. The Morgan fingerprint density at radius 2 is 1.21 bits per heavy atom. The summed E-state index contributed by atoms with van der Waals surface area (Å²) < 4.78 is 11.1. The number of nitrogens with one attached hydrogen (secondary N) is 1. The zero-order valence-corrected chi connectivity index (χ0v) is 18.1. The summed E-state index contributed by atoms with van der Waals surface area (Å²) in [5.74, 6) is -1.05. The van der Waals surface area contributed by atoms with Gasteiger partial charge in [-0.25, -0.2) is 9.59 Å². The minimum absolute atomic E-state index is 0.350. The summed E-state index contributed by atoms with van der Waals surface area (Å²) in [6.45, 7) is 12.2. The molecule has 1 N–H and O–H groups in total. The molecular formula is C22H35N3O4. The number of nitrogens with zero attached hydrogens (tertiary/aromatic N) is 2. The highest BCUT2D eigenvalue weighted by Gasteiger charge is 2.34. The first kappa shape index (κ1) is 21.8. The quantitative estimate of drug-likeness (QED) is 0.620. The van der Waals surface area contributed by atoms with Crippen molar-refractivity contribution >= 4 is 11.9 Å². The van der Waals surface area contributed by atoms with Crippen molar-refractivity contribution in [2.45, 2.75) is 46.5 Å². The Labute approximate surface area is 174 Å². The fourth-order valence-electron chi connectivity index (χ4n) is 4.57. The Morgan fingerprint density at radius 3 is 1.59 bits per heavy atom. The number of hydrogen-bond acceptors (Lipinski definition) is 7. The van der Waals surface area contributed by atoms with Crippen LogP contribution in [0, 0.1) is 5.92 Å². The Hall–Kier alpha value is -1.86. The van der Waals surface area contributed by atoms with E-state index in [9.17, 15) is 9.59 Å². The van der Waals surface area contributed by atoms with Gasteiger partial charge in [0, 0.05) is 30.4 Å². The fraction of sp³-hybridized carbons (Fsp3) is 0.727. The Bertz CT molecular complexity index is 618. The van der Waals surface area contributed by atoms with Crippen molar-refractivity contribution in [2.75, 3.05) is 52.5 Å². The SMILES string of the molecule is CC1=C(C(=O)OCCN2CCCC2)C(C)C(C(=O)OCCN2CCCC2)=C(C)N1. The average molecular weight is 406 g/mol. The van der Waals surface area contributed by atoms with Crippen LogP contribution in [0.25, 0.3) is 0 Å². The summed E-state index contributed by atoms with van der Waals surface area (Å²) in [6, 6.07) is 0. The van der Waals surface area contributed by atoms with Crippen molar-refractivity contribution < 1.29 is 19.1 Å². The van der Waals surface area contributed by atoms with E-state index in [1.807, 2.05) is 20.8 Å². The molecule has 0 spiro atoms. The zero-order valence-electron chi connectivity index (χ0n) is 18.1. The third-order valence-corrected chi connectivity index (χ3v) is 6.17. The molecule has 0 amide bonds. The van der Waals surface area contributed by atoms with Gasteiger partial charge in [0.25, 0.3) is 0 Å². The highest BCUT2D eigenvalue weighted by molar-refractivity contribution is 5.97. The number of ether oxygens (including phenoxy) is 2. The van der Waals surface area contributed by atoms with Gasteiger partial charge in [-0.05, 0) is 65.7 Å². The van der Waals surface area contributed by atoms with Gasteiger partial charge in [-0.2, -0.15) is 0 Å². The fourth-order valence-corrected chi connectivity index (χ4v) is 4.57. The van der Waals surface area contributed by atoms with Crippen LogP contribution in [-0.2, 0) is 19.1 Å².